The normalized spacial score (nSPS) is 18.0. The summed E-state index contributed by atoms with van der Waals surface area (Å²) in [5, 5.41) is 14.9. The first-order valence-corrected chi connectivity index (χ1v) is 13.2. The number of rotatable bonds is 5. The molecule has 10 nitrogen and oxygen atoms in total. The van der Waals surface area contributed by atoms with Gasteiger partial charge in [0.1, 0.15) is 17.1 Å². The van der Waals surface area contributed by atoms with Gasteiger partial charge in [-0.25, -0.2) is 5.10 Å². The molecule has 1 spiro atoms. The van der Waals surface area contributed by atoms with E-state index in [1.165, 1.54) is 12.8 Å². The van der Waals surface area contributed by atoms with Crippen molar-refractivity contribution >= 4 is 52.2 Å². The molecule has 1 aliphatic carbocycles. The molecular weight excluding hydrogens is 507 g/mol. The molecule has 0 unspecified atom stereocenters. The monoisotopic (exact) mass is 536 g/mol. The number of Topliss-reactive ketones (excluding diaryl/α,β-unsaturated/α-hetero) is 1. The van der Waals surface area contributed by atoms with Crippen molar-refractivity contribution in [2.75, 3.05) is 19.7 Å². The van der Waals surface area contributed by atoms with E-state index in [-0.39, 0.29) is 47.7 Å². The summed E-state index contributed by atoms with van der Waals surface area (Å²) in [6.45, 7) is 3.54. The summed E-state index contributed by atoms with van der Waals surface area (Å²) in [6.07, 6.45) is 5.91. The first kappa shape index (κ1) is 26.0. The second-order valence-electron chi connectivity index (χ2n) is 10.4. The van der Waals surface area contributed by atoms with Crippen molar-refractivity contribution in [3.8, 4) is 22.9 Å². The van der Waals surface area contributed by atoms with Gasteiger partial charge < -0.3 is 18.9 Å². The molecule has 2 aliphatic heterocycles. The zero-order valence-electron chi connectivity index (χ0n) is 21.1. The third kappa shape index (κ3) is 4.64. The van der Waals surface area contributed by atoms with Gasteiger partial charge in [-0.05, 0) is 66.6 Å². The minimum atomic E-state index is -0.600. The van der Waals surface area contributed by atoms with Gasteiger partial charge >= 0.3 is 29.6 Å². The number of ether oxygens (including phenoxy) is 2. The molecule has 2 aromatic carbocycles. The molecular formula is C28H29N6NaO4. The van der Waals surface area contributed by atoms with Gasteiger partial charge in [0, 0.05) is 54.7 Å². The Hall–Kier alpha value is -3.21. The number of tetrazole rings is 1. The van der Waals surface area contributed by atoms with Crippen LogP contribution in [0.25, 0.3) is 22.3 Å². The first-order chi connectivity index (χ1) is 18.5. The second-order valence-corrected chi connectivity index (χ2v) is 10.4. The Labute approximate surface area is 247 Å². The number of aromatic nitrogens is 5. The standard InChI is InChI=1S/C28H28N6O4.Na.H/c1-2-37-25-15-18(14-22-20(25)7-10-34(22)19-4-5-19)27(36)33-11-8-28(9-12-33)16-23(35)21-13-17(3-6-24(21)38-28)26-29-31-32-30-26;;/h3,6-7,10,13-15,19H,2,4-5,8-9,11-12,16H2,1H3,(H,29,30,31,32);;. The number of carbonyl (C=O) groups excluding carboxylic acids is 2. The Morgan fingerprint density at radius 2 is 2.00 bits per heavy atom. The molecule has 1 amide bonds. The summed E-state index contributed by atoms with van der Waals surface area (Å²) in [5.74, 6) is 1.85. The van der Waals surface area contributed by atoms with Gasteiger partial charge in [0.05, 0.1) is 24.1 Å². The van der Waals surface area contributed by atoms with Crippen LogP contribution < -0.4 is 9.47 Å². The van der Waals surface area contributed by atoms with Crippen LogP contribution in [0.2, 0.25) is 0 Å². The molecule has 11 heteroatoms. The number of nitrogens with one attached hydrogen (secondary N) is 1. The van der Waals surface area contributed by atoms with E-state index in [0.29, 0.717) is 61.3 Å². The molecule has 7 rings (SSSR count). The quantitative estimate of drug-likeness (QED) is 0.388. The molecule has 0 bridgehead atoms. The van der Waals surface area contributed by atoms with Crippen LogP contribution >= 0.6 is 0 Å². The Bertz CT molecular complexity index is 1550. The van der Waals surface area contributed by atoms with Crippen molar-refractivity contribution in [3.05, 3.63) is 53.7 Å². The maximum absolute atomic E-state index is 13.6. The zero-order valence-corrected chi connectivity index (χ0v) is 21.1. The van der Waals surface area contributed by atoms with Gasteiger partial charge in [0.15, 0.2) is 11.6 Å². The molecule has 4 heterocycles. The molecule has 2 aromatic heterocycles. The van der Waals surface area contributed by atoms with Crippen molar-refractivity contribution in [3.63, 3.8) is 0 Å². The number of piperidine rings is 1. The number of ketones is 1. The predicted molar refractivity (Wildman–Crippen MR) is 146 cm³/mol. The van der Waals surface area contributed by atoms with Gasteiger partial charge in [0.2, 0.25) is 0 Å². The number of carbonyl (C=O) groups is 2. The van der Waals surface area contributed by atoms with E-state index in [2.05, 4.69) is 37.5 Å². The van der Waals surface area contributed by atoms with Gasteiger partial charge in [-0.15, -0.1) is 5.10 Å². The third-order valence-electron chi connectivity index (χ3n) is 7.96. The Balaban J connectivity index is 0.00000277. The summed E-state index contributed by atoms with van der Waals surface area (Å²) >= 11 is 0. The average molecular weight is 537 g/mol. The van der Waals surface area contributed by atoms with Gasteiger partial charge in [-0.3, -0.25) is 9.59 Å². The molecule has 2 fully saturated rings. The minimum absolute atomic E-state index is 0. The molecule has 4 aromatic rings. The van der Waals surface area contributed by atoms with Crippen LogP contribution in [0, 0.1) is 0 Å². The molecule has 3 aliphatic rings. The number of likely N-dealkylation sites (tertiary alicyclic amines) is 1. The van der Waals surface area contributed by atoms with Crippen molar-refractivity contribution in [1.29, 1.82) is 0 Å². The maximum atomic E-state index is 13.6. The molecule has 1 saturated heterocycles. The number of H-pyrrole nitrogens is 1. The van der Waals surface area contributed by atoms with Gasteiger partial charge in [0.25, 0.3) is 5.91 Å². The summed E-state index contributed by atoms with van der Waals surface area (Å²) in [7, 11) is 0. The van der Waals surface area contributed by atoms with E-state index < -0.39 is 5.60 Å². The molecule has 1 N–H and O–H groups in total. The number of aromatic amines is 1. The fourth-order valence-corrected chi connectivity index (χ4v) is 5.80. The topological polar surface area (TPSA) is 115 Å². The number of hydrogen-bond acceptors (Lipinski definition) is 7. The first-order valence-electron chi connectivity index (χ1n) is 13.2. The van der Waals surface area contributed by atoms with Crippen molar-refractivity contribution in [1.82, 2.24) is 30.1 Å². The average Bonchev–Trinajstić information content (AvgIpc) is 3.43. The van der Waals surface area contributed by atoms with Crippen LogP contribution in [-0.2, 0) is 0 Å². The molecule has 0 radical (unpaired) electrons. The predicted octanol–water partition coefficient (Wildman–Crippen LogP) is 3.55. The Kier molecular flexibility index (Phi) is 6.73. The molecule has 39 heavy (non-hydrogen) atoms. The van der Waals surface area contributed by atoms with Crippen LogP contribution in [0.15, 0.2) is 42.6 Å². The Morgan fingerprint density at radius 1 is 1.18 bits per heavy atom. The Morgan fingerprint density at radius 3 is 2.72 bits per heavy atom. The second kappa shape index (κ2) is 10.1. The van der Waals surface area contributed by atoms with E-state index in [1.54, 1.807) is 6.07 Å². The van der Waals surface area contributed by atoms with Crippen molar-refractivity contribution < 1.29 is 19.1 Å². The number of amides is 1. The fourth-order valence-electron chi connectivity index (χ4n) is 5.80. The third-order valence-corrected chi connectivity index (χ3v) is 7.96. The number of nitrogens with zero attached hydrogens (tertiary/aromatic N) is 5. The summed E-state index contributed by atoms with van der Waals surface area (Å²) in [6, 6.07) is 11.9. The molecule has 196 valence electrons. The number of benzene rings is 2. The molecule has 1 saturated carbocycles. The van der Waals surface area contributed by atoms with E-state index >= 15 is 0 Å². The van der Waals surface area contributed by atoms with Gasteiger partial charge in [-0.1, -0.05) is 0 Å². The van der Waals surface area contributed by atoms with Crippen LogP contribution in [0.3, 0.4) is 0 Å². The SMILES string of the molecule is CCOc1cc(C(=O)N2CCC3(CC2)CC(=O)c2cc(-c4nnn[nH]4)ccc2O3)cc2c1ccn2C1CC1.[NaH]. The van der Waals surface area contributed by atoms with E-state index in [4.69, 9.17) is 9.47 Å². The molecule has 0 atom stereocenters. The van der Waals surface area contributed by atoms with E-state index in [0.717, 1.165) is 22.2 Å². The summed E-state index contributed by atoms with van der Waals surface area (Å²) in [4.78, 5) is 28.7. The number of hydrogen-bond donors (Lipinski definition) is 1. The number of fused-ring (bicyclic) bond motifs is 2. The summed E-state index contributed by atoms with van der Waals surface area (Å²) in [5.41, 5.74) is 2.36. The van der Waals surface area contributed by atoms with Crippen LogP contribution in [0.5, 0.6) is 11.5 Å². The van der Waals surface area contributed by atoms with Crippen LogP contribution in [0.1, 0.15) is 65.8 Å². The van der Waals surface area contributed by atoms with Crippen molar-refractivity contribution in [2.24, 2.45) is 0 Å². The summed E-state index contributed by atoms with van der Waals surface area (Å²) < 4.78 is 14.6. The van der Waals surface area contributed by atoms with Crippen LogP contribution in [0.4, 0.5) is 0 Å². The van der Waals surface area contributed by atoms with E-state index in [1.807, 2.05) is 36.1 Å². The van der Waals surface area contributed by atoms with Crippen molar-refractivity contribution in [2.45, 2.75) is 50.7 Å². The van der Waals surface area contributed by atoms with Crippen LogP contribution in [-0.4, -0.2) is 96.6 Å². The van der Waals surface area contributed by atoms with E-state index in [9.17, 15) is 9.59 Å². The fraction of sp³-hybridized carbons (Fsp3) is 0.393. The zero-order chi connectivity index (χ0) is 25.9. The van der Waals surface area contributed by atoms with Gasteiger partial charge in [-0.2, -0.15) is 0 Å².